The molecule has 0 radical (unpaired) electrons. The Morgan fingerprint density at radius 1 is 1.25 bits per heavy atom. The largest absolute Gasteiger partial charge is 0.364 e. The number of nitrogens with one attached hydrogen (secondary N) is 1. The molecule has 3 N–H and O–H groups in total. The van der Waals surface area contributed by atoms with E-state index < -0.39 is 6.10 Å². The molecule has 2 aliphatic rings. The van der Waals surface area contributed by atoms with E-state index in [4.69, 9.17) is 10.6 Å². The first-order chi connectivity index (χ1) is 9.60. The van der Waals surface area contributed by atoms with Crippen LogP contribution in [0.4, 0.5) is 0 Å². The van der Waals surface area contributed by atoms with Crippen molar-refractivity contribution in [1.82, 2.24) is 15.2 Å². The highest BCUT2D eigenvalue weighted by Crippen LogP contribution is 2.21. The number of hydrogen-bond acceptors (Lipinski definition) is 5. The molecule has 0 aromatic rings. The fourth-order valence-corrected chi connectivity index (χ4v) is 2.88. The van der Waals surface area contributed by atoms with Crippen molar-refractivity contribution >= 4 is 11.8 Å². The number of rotatable bonds is 3. The molecule has 2 heterocycles. The fraction of sp³-hybridized carbons (Fsp3) is 0.846. The number of nitrogens with zero attached hydrogens (tertiary/aromatic N) is 2. The normalized spacial score (nSPS) is 28.2. The third-order valence-electron chi connectivity index (χ3n) is 4.04. The maximum atomic E-state index is 11.4. The van der Waals surface area contributed by atoms with Gasteiger partial charge >= 0.3 is 0 Å². The van der Waals surface area contributed by atoms with Gasteiger partial charge in [-0.3, -0.25) is 19.9 Å². The third-order valence-corrected chi connectivity index (χ3v) is 4.04. The summed E-state index contributed by atoms with van der Waals surface area (Å²) in [6.07, 6.45) is 2.26. The highest BCUT2D eigenvalue weighted by molar-refractivity contribution is 5.80. The molecule has 2 unspecified atom stereocenters. The van der Waals surface area contributed by atoms with Gasteiger partial charge in [0.15, 0.2) is 0 Å². The van der Waals surface area contributed by atoms with Gasteiger partial charge in [0.25, 0.3) is 5.91 Å². The van der Waals surface area contributed by atoms with Crippen molar-refractivity contribution in [2.24, 2.45) is 5.84 Å². The zero-order valence-electron chi connectivity index (χ0n) is 12.0. The Kier molecular flexibility index (Phi) is 5.33. The maximum Gasteiger partial charge on any atom is 0.263 e. The van der Waals surface area contributed by atoms with Crippen LogP contribution in [0.3, 0.4) is 0 Å². The molecule has 2 fully saturated rings. The lowest BCUT2D eigenvalue weighted by molar-refractivity contribution is -0.132. The van der Waals surface area contributed by atoms with Crippen molar-refractivity contribution < 1.29 is 14.3 Å². The number of ether oxygens (including phenoxy) is 1. The van der Waals surface area contributed by atoms with Crippen LogP contribution in [0.2, 0.25) is 0 Å². The van der Waals surface area contributed by atoms with Crippen LogP contribution in [0.15, 0.2) is 0 Å². The molecule has 0 bridgehead atoms. The molecular weight excluding hydrogens is 260 g/mol. The quantitative estimate of drug-likeness (QED) is 0.397. The molecule has 20 heavy (non-hydrogen) atoms. The van der Waals surface area contributed by atoms with Gasteiger partial charge in [0.2, 0.25) is 5.91 Å². The smallest absolute Gasteiger partial charge is 0.263 e. The predicted molar refractivity (Wildman–Crippen MR) is 73.5 cm³/mol. The lowest BCUT2D eigenvalue weighted by atomic mass is 10.2. The Morgan fingerprint density at radius 2 is 2.05 bits per heavy atom. The van der Waals surface area contributed by atoms with Gasteiger partial charge in [-0.1, -0.05) is 0 Å². The molecule has 2 saturated heterocycles. The van der Waals surface area contributed by atoms with Gasteiger partial charge in [-0.2, -0.15) is 0 Å². The van der Waals surface area contributed by atoms with E-state index >= 15 is 0 Å². The summed E-state index contributed by atoms with van der Waals surface area (Å²) >= 11 is 0. The van der Waals surface area contributed by atoms with Gasteiger partial charge in [-0.05, 0) is 25.8 Å². The summed E-state index contributed by atoms with van der Waals surface area (Å²) in [4.78, 5) is 27.0. The summed E-state index contributed by atoms with van der Waals surface area (Å²) in [6.45, 7) is 5.88. The Hall–Kier alpha value is -1.18. The van der Waals surface area contributed by atoms with Gasteiger partial charge < -0.3 is 9.64 Å². The van der Waals surface area contributed by atoms with E-state index in [1.54, 1.807) is 6.92 Å². The molecule has 2 amide bonds. The van der Waals surface area contributed by atoms with E-state index in [0.29, 0.717) is 0 Å². The molecule has 0 aromatic heterocycles. The summed E-state index contributed by atoms with van der Waals surface area (Å²) in [7, 11) is 0. The van der Waals surface area contributed by atoms with Crippen LogP contribution >= 0.6 is 0 Å². The first kappa shape index (κ1) is 15.2. The van der Waals surface area contributed by atoms with Crippen molar-refractivity contribution in [3.05, 3.63) is 0 Å². The number of carbonyl (C=O) groups is 2. The zero-order chi connectivity index (χ0) is 14.5. The third kappa shape index (κ3) is 3.91. The van der Waals surface area contributed by atoms with Gasteiger partial charge in [0.1, 0.15) is 6.10 Å². The minimum Gasteiger partial charge on any atom is -0.364 e. The van der Waals surface area contributed by atoms with Crippen molar-refractivity contribution in [2.45, 2.75) is 38.4 Å². The average molecular weight is 284 g/mol. The first-order valence-corrected chi connectivity index (χ1v) is 7.24. The maximum absolute atomic E-state index is 11.4. The Labute approximate surface area is 119 Å². The highest BCUT2D eigenvalue weighted by Gasteiger charge is 2.31. The fourth-order valence-electron chi connectivity index (χ4n) is 2.88. The molecule has 7 nitrogen and oxygen atoms in total. The van der Waals surface area contributed by atoms with E-state index in [9.17, 15) is 9.59 Å². The number of carbonyl (C=O) groups excluding carboxylic acids is 2. The lowest BCUT2D eigenvalue weighted by Gasteiger charge is -2.24. The number of hydrogen-bond donors (Lipinski definition) is 2. The van der Waals surface area contributed by atoms with Gasteiger partial charge in [0, 0.05) is 33.1 Å². The molecule has 0 spiro atoms. The standard InChI is InChI=1S/C13H24N4O3/c1-10(18)17-6-2-5-16(7-8-17)9-11-3-4-12(20-11)13(19)15-14/h11-12H,2-9,14H2,1H3,(H,15,19). The lowest BCUT2D eigenvalue weighted by Crippen LogP contribution is -2.40. The summed E-state index contributed by atoms with van der Waals surface area (Å²) in [5, 5.41) is 0. The molecule has 0 saturated carbocycles. The van der Waals surface area contributed by atoms with Crippen LogP contribution < -0.4 is 11.3 Å². The Bertz CT molecular complexity index is 364. The van der Waals surface area contributed by atoms with E-state index in [0.717, 1.165) is 52.0 Å². The van der Waals surface area contributed by atoms with Crippen molar-refractivity contribution in [3.8, 4) is 0 Å². The SMILES string of the molecule is CC(=O)N1CCCN(CC2CCC(C(=O)NN)O2)CC1. The van der Waals surface area contributed by atoms with Gasteiger partial charge in [-0.25, -0.2) is 5.84 Å². The van der Waals surface area contributed by atoms with Gasteiger partial charge in [0.05, 0.1) is 6.10 Å². The molecule has 2 aliphatic heterocycles. The Morgan fingerprint density at radius 3 is 2.75 bits per heavy atom. The summed E-state index contributed by atoms with van der Waals surface area (Å²) in [5.74, 6) is 5.02. The van der Waals surface area contributed by atoms with Crippen LogP contribution in [-0.4, -0.2) is 66.5 Å². The topological polar surface area (TPSA) is 87.9 Å². The van der Waals surface area contributed by atoms with Crippen LogP contribution in [-0.2, 0) is 14.3 Å². The van der Waals surface area contributed by atoms with Gasteiger partial charge in [-0.15, -0.1) is 0 Å². The van der Waals surface area contributed by atoms with E-state index in [2.05, 4.69) is 10.3 Å². The second kappa shape index (κ2) is 7.01. The van der Waals surface area contributed by atoms with Crippen molar-refractivity contribution in [3.63, 3.8) is 0 Å². The summed E-state index contributed by atoms with van der Waals surface area (Å²) in [6, 6.07) is 0. The minimum atomic E-state index is -0.411. The zero-order valence-corrected chi connectivity index (χ0v) is 12.0. The molecule has 114 valence electrons. The van der Waals surface area contributed by atoms with Crippen molar-refractivity contribution in [2.75, 3.05) is 32.7 Å². The molecular formula is C13H24N4O3. The average Bonchev–Trinajstić information content (AvgIpc) is 2.76. The number of hydrazine groups is 1. The Balaban J connectivity index is 1.77. The van der Waals surface area contributed by atoms with Crippen LogP contribution in [0.1, 0.15) is 26.2 Å². The van der Waals surface area contributed by atoms with Crippen LogP contribution in [0, 0.1) is 0 Å². The van der Waals surface area contributed by atoms with E-state index in [1.807, 2.05) is 4.90 Å². The van der Waals surface area contributed by atoms with Crippen LogP contribution in [0.5, 0.6) is 0 Å². The number of amides is 2. The highest BCUT2D eigenvalue weighted by atomic mass is 16.5. The predicted octanol–water partition coefficient (Wildman–Crippen LogP) is -0.922. The van der Waals surface area contributed by atoms with E-state index in [-0.39, 0.29) is 17.9 Å². The van der Waals surface area contributed by atoms with E-state index in [1.165, 1.54) is 0 Å². The first-order valence-electron chi connectivity index (χ1n) is 7.24. The number of nitrogens with two attached hydrogens (primary N) is 1. The summed E-state index contributed by atoms with van der Waals surface area (Å²) in [5.41, 5.74) is 2.14. The van der Waals surface area contributed by atoms with Crippen molar-refractivity contribution in [1.29, 1.82) is 0 Å². The molecule has 2 rings (SSSR count). The molecule has 0 aromatic carbocycles. The molecule has 2 atom stereocenters. The second-order valence-electron chi connectivity index (χ2n) is 5.49. The summed E-state index contributed by atoms with van der Waals surface area (Å²) < 4.78 is 5.72. The van der Waals surface area contributed by atoms with Crippen LogP contribution in [0.25, 0.3) is 0 Å². The monoisotopic (exact) mass is 284 g/mol. The second-order valence-corrected chi connectivity index (χ2v) is 5.49. The molecule has 0 aliphatic carbocycles. The molecule has 7 heteroatoms. The minimum absolute atomic E-state index is 0.0844.